The lowest BCUT2D eigenvalue weighted by Gasteiger charge is -2.17. The first-order valence-corrected chi connectivity index (χ1v) is 11.5. The number of fused-ring (bicyclic) bond motifs is 1. The molecule has 0 saturated carbocycles. The second-order valence-electron chi connectivity index (χ2n) is 8.87. The van der Waals surface area contributed by atoms with Gasteiger partial charge in [0, 0.05) is 37.9 Å². The number of hydrogen-bond donors (Lipinski definition) is 1. The molecule has 0 spiro atoms. The van der Waals surface area contributed by atoms with Crippen LogP contribution >= 0.6 is 0 Å². The maximum Gasteiger partial charge on any atom is 0.252 e. The minimum Gasteiger partial charge on any atom is -0.372 e. The molecule has 3 heterocycles. The highest BCUT2D eigenvalue weighted by Gasteiger charge is 2.19. The summed E-state index contributed by atoms with van der Waals surface area (Å²) in [5.74, 6) is -0.115. The topological polar surface area (TPSA) is 63.1 Å². The largest absolute Gasteiger partial charge is 0.372 e. The fourth-order valence-corrected chi connectivity index (χ4v) is 4.57. The molecule has 1 N–H and O–H groups in total. The van der Waals surface area contributed by atoms with Crippen LogP contribution in [0, 0.1) is 13.8 Å². The van der Waals surface area contributed by atoms with E-state index in [4.69, 9.17) is 4.98 Å². The van der Waals surface area contributed by atoms with Gasteiger partial charge in [0.2, 0.25) is 0 Å². The summed E-state index contributed by atoms with van der Waals surface area (Å²) >= 11 is 0. The molecule has 0 bridgehead atoms. The van der Waals surface area contributed by atoms with Crippen LogP contribution in [0.1, 0.15) is 40.0 Å². The number of pyridine rings is 1. The van der Waals surface area contributed by atoms with Crippen LogP contribution in [0.2, 0.25) is 0 Å². The van der Waals surface area contributed by atoms with Gasteiger partial charge in [0.15, 0.2) is 5.65 Å². The number of nitrogens with zero attached hydrogens (tertiary/aromatic N) is 4. The first-order valence-electron chi connectivity index (χ1n) is 11.5. The molecule has 33 heavy (non-hydrogen) atoms. The second kappa shape index (κ2) is 8.70. The second-order valence-corrected chi connectivity index (χ2v) is 8.87. The van der Waals surface area contributed by atoms with Crippen LogP contribution in [0.25, 0.3) is 22.3 Å². The molecule has 0 unspecified atom stereocenters. The van der Waals surface area contributed by atoms with Crippen LogP contribution in [0.3, 0.4) is 0 Å². The third-order valence-electron chi connectivity index (χ3n) is 6.42. The average molecular weight is 440 g/mol. The molecule has 0 radical (unpaired) electrons. The van der Waals surface area contributed by atoms with Gasteiger partial charge in [-0.05, 0) is 50.5 Å². The molecule has 0 atom stereocenters. The van der Waals surface area contributed by atoms with Gasteiger partial charge < -0.3 is 10.2 Å². The molecule has 1 saturated heterocycles. The monoisotopic (exact) mass is 439 g/mol. The Balaban J connectivity index is 1.42. The standard InChI is InChI=1S/C27H29N5O/c1-18-6-10-21(11-7-18)24-16-23(25-19(2)30-31(3)26(25)29-24)27(33)28-17-20-8-12-22(13-9-20)32-14-4-5-15-32/h6-13,16H,4-5,14-15,17H2,1-3H3,(H,28,33). The normalized spacial score (nSPS) is 13.6. The van der Waals surface area contributed by atoms with Gasteiger partial charge >= 0.3 is 0 Å². The number of rotatable bonds is 5. The van der Waals surface area contributed by atoms with E-state index < -0.39 is 0 Å². The van der Waals surface area contributed by atoms with E-state index in [1.54, 1.807) is 4.68 Å². The molecule has 4 aromatic rings. The summed E-state index contributed by atoms with van der Waals surface area (Å²) in [6.45, 7) is 6.71. The average Bonchev–Trinajstić information content (AvgIpc) is 3.46. The summed E-state index contributed by atoms with van der Waals surface area (Å²) in [4.78, 5) is 20.6. The minimum absolute atomic E-state index is 0.115. The van der Waals surface area contributed by atoms with E-state index in [0.717, 1.165) is 41.0 Å². The summed E-state index contributed by atoms with van der Waals surface area (Å²) in [6.07, 6.45) is 2.52. The van der Waals surface area contributed by atoms with Crippen molar-refractivity contribution in [2.45, 2.75) is 33.2 Å². The number of amides is 1. The molecule has 2 aromatic heterocycles. The predicted molar refractivity (Wildman–Crippen MR) is 132 cm³/mol. The molecule has 1 fully saturated rings. The lowest BCUT2D eigenvalue weighted by atomic mass is 10.0. The van der Waals surface area contributed by atoms with E-state index in [1.165, 1.54) is 24.1 Å². The Morgan fingerprint density at radius 3 is 2.39 bits per heavy atom. The Bertz CT molecular complexity index is 1300. The summed E-state index contributed by atoms with van der Waals surface area (Å²) in [7, 11) is 1.87. The van der Waals surface area contributed by atoms with Crippen molar-refractivity contribution >= 4 is 22.6 Å². The smallest absolute Gasteiger partial charge is 0.252 e. The third-order valence-corrected chi connectivity index (χ3v) is 6.42. The van der Waals surface area contributed by atoms with Crippen LogP contribution in [0.5, 0.6) is 0 Å². The molecule has 5 rings (SSSR count). The fraction of sp³-hybridized carbons (Fsp3) is 0.296. The summed E-state index contributed by atoms with van der Waals surface area (Å²) in [5.41, 5.74) is 7.39. The Kier molecular flexibility index (Phi) is 5.58. The molecule has 168 valence electrons. The molecule has 1 aliphatic heterocycles. The van der Waals surface area contributed by atoms with E-state index in [9.17, 15) is 4.79 Å². The van der Waals surface area contributed by atoms with Crippen molar-refractivity contribution in [3.63, 3.8) is 0 Å². The maximum atomic E-state index is 13.3. The van der Waals surface area contributed by atoms with Crippen LogP contribution in [-0.2, 0) is 13.6 Å². The highest BCUT2D eigenvalue weighted by Crippen LogP contribution is 2.27. The van der Waals surface area contributed by atoms with E-state index in [-0.39, 0.29) is 5.91 Å². The Labute approximate surface area is 194 Å². The number of carbonyl (C=O) groups excluding carboxylic acids is 1. The quantitative estimate of drug-likeness (QED) is 0.486. The Hall–Kier alpha value is -3.67. The number of hydrogen-bond acceptors (Lipinski definition) is 4. The van der Waals surface area contributed by atoms with Crippen LogP contribution in [0.4, 0.5) is 5.69 Å². The molecule has 6 nitrogen and oxygen atoms in total. The van der Waals surface area contributed by atoms with Gasteiger partial charge in [-0.15, -0.1) is 0 Å². The minimum atomic E-state index is -0.115. The van der Waals surface area contributed by atoms with Crippen LogP contribution in [0.15, 0.2) is 54.6 Å². The zero-order valence-electron chi connectivity index (χ0n) is 19.4. The summed E-state index contributed by atoms with van der Waals surface area (Å²) < 4.78 is 1.75. The summed E-state index contributed by atoms with van der Waals surface area (Å²) in [5, 5.41) is 8.42. The molecular weight excluding hydrogens is 410 g/mol. The van der Waals surface area contributed by atoms with Crippen molar-refractivity contribution in [1.82, 2.24) is 20.1 Å². The van der Waals surface area contributed by atoms with Crippen LogP contribution < -0.4 is 10.2 Å². The SMILES string of the molecule is Cc1ccc(-c2cc(C(=O)NCc3ccc(N4CCCC4)cc3)c3c(C)nn(C)c3n2)cc1. The van der Waals surface area contributed by atoms with Gasteiger partial charge in [-0.3, -0.25) is 9.48 Å². The molecule has 0 aliphatic carbocycles. The zero-order valence-corrected chi connectivity index (χ0v) is 19.4. The van der Waals surface area contributed by atoms with Crippen molar-refractivity contribution in [2.24, 2.45) is 7.05 Å². The van der Waals surface area contributed by atoms with Gasteiger partial charge in [-0.25, -0.2) is 4.98 Å². The highest BCUT2D eigenvalue weighted by atomic mass is 16.1. The van der Waals surface area contributed by atoms with Gasteiger partial charge in [-0.2, -0.15) is 5.10 Å². The number of aryl methyl sites for hydroxylation is 3. The van der Waals surface area contributed by atoms with E-state index in [2.05, 4.69) is 58.6 Å². The predicted octanol–water partition coefficient (Wildman–Crippen LogP) is 4.78. The van der Waals surface area contributed by atoms with Crippen molar-refractivity contribution in [3.05, 3.63) is 77.0 Å². The number of carbonyl (C=O) groups is 1. The summed E-state index contributed by atoms with van der Waals surface area (Å²) in [6, 6.07) is 18.6. The van der Waals surface area contributed by atoms with E-state index in [1.807, 2.05) is 32.2 Å². The molecular formula is C27H29N5O. The van der Waals surface area contributed by atoms with E-state index >= 15 is 0 Å². The molecule has 1 amide bonds. The van der Waals surface area contributed by atoms with Crippen molar-refractivity contribution in [1.29, 1.82) is 0 Å². The van der Waals surface area contributed by atoms with E-state index in [0.29, 0.717) is 17.8 Å². The number of benzene rings is 2. The maximum absolute atomic E-state index is 13.3. The highest BCUT2D eigenvalue weighted by molar-refractivity contribution is 6.07. The van der Waals surface area contributed by atoms with Gasteiger partial charge in [-0.1, -0.05) is 42.0 Å². The Morgan fingerprint density at radius 1 is 1.00 bits per heavy atom. The third kappa shape index (κ3) is 4.21. The number of anilines is 1. The lowest BCUT2D eigenvalue weighted by Crippen LogP contribution is -2.23. The Morgan fingerprint density at radius 2 is 1.70 bits per heavy atom. The van der Waals surface area contributed by atoms with Gasteiger partial charge in [0.05, 0.1) is 22.3 Å². The lowest BCUT2D eigenvalue weighted by molar-refractivity contribution is 0.0952. The zero-order chi connectivity index (χ0) is 22.9. The fourth-order valence-electron chi connectivity index (χ4n) is 4.57. The van der Waals surface area contributed by atoms with Gasteiger partial charge in [0.1, 0.15) is 0 Å². The van der Waals surface area contributed by atoms with Crippen molar-refractivity contribution in [2.75, 3.05) is 18.0 Å². The molecule has 6 heteroatoms. The molecule has 2 aromatic carbocycles. The van der Waals surface area contributed by atoms with Gasteiger partial charge in [0.25, 0.3) is 5.91 Å². The number of aromatic nitrogens is 3. The van der Waals surface area contributed by atoms with Crippen molar-refractivity contribution < 1.29 is 4.79 Å². The molecule has 1 aliphatic rings. The van der Waals surface area contributed by atoms with Crippen molar-refractivity contribution in [3.8, 4) is 11.3 Å². The number of nitrogens with one attached hydrogen (secondary N) is 1. The van der Waals surface area contributed by atoms with Crippen LogP contribution in [-0.4, -0.2) is 33.8 Å². The first kappa shape index (κ1) is 21.2. The first-order chi connectivity index (χ1) is 16.0.